The van der Waals surface area contributed by atoms with Crippen LogP contribution in [0.3, 0.4) is 0 Å². The molecule has 2 aromatic heterocycles. The molecule has 1 saturated carbocycles. The zero-order valence-corrected chi connectivity index (χ0v) is 16.7. The van der Waals surface area contributed by atoms with Crippen LogP contribution in [0.2, 0.25) is 0 Å². The molecular weight excluding hydrogens is 360 g/mol. The molecule has 2 aromatic carbocycles. The molecule has 29 heavy (non-hydrogen) atoms. The van der Waals surface area contributed by atoms with Crippen molar-refractivity contribution in [2.45, 2.75) is 51.1 Å². The summed E-state index contributed by atoms with van der Waals surface area (Å²) in [4.78, 5) is 21.7. The third kappa shape index (κ3) is 3.20. The predicted octanol–water partition coefficient (Wildman–Crippen LogP) is 5.19. The Kier molecular flexibility index (Phi) is 4.58. The van der Waals surface area contributed by atoms with Crippen LogP contribution >= 0.6 is 0 Å². The predicted molar refractivity (Wildman–Crippen MR) is 117 cm³/mol. The number of aromatic nitrogens is 3. The van der Waals surface area contributed by atoms with E-state index in [4.69, 9.17) is 4.98 Å². The zero-order valence-electron chi connectivity index (χ0n) is 16.7. The zero-order chi connectivity index (χ0) is 19.8. The summed E-state index contributed by atoms with van der Waals surface area (Å²) in [6.45, 7) is 2.07. The van der Waals surface area contributed by atoms with Crippen LogP contribution in [0.25, 0.3) is 33.5 Å². The van der Waals surface area contributed by atoms with Gasteiger partial charge in [-0.3, -0.25) is 4.79 Å². The molecule has 1 fully saturated rings. The Bertz CT molecular complexity index is 1130. The lowest BCUT2D eigenvalue weighted by atomic mass is 10.1. The second kappa shape index (κ2) is 7.39. The average Bonchev–Trinajstić information content (AvgIpc) is 3.47. The number of hydrogen-bond acceptors (Lipinski definition) is 2. The van der Waals surface area contributed by atoms with E-state index in [1.54, 1.807) is 0 Å². The van der Waals surface area contributed by atoms with E-state index in [0.717, 1.165) is 46.3 Å². The van der Waals surface area contributed by atoms with Gasteiger partial charge in [0.2, 0.25) is 5.91 Å². The Balaban J connectivity index is 1.62. The fourth-order valence-electron chi connectivity index (χ4n) is 4.60. The Morgan fingerprint density at radius 1 is 1.17 bits per heavy atom. The van der Waals surface area contributed by atoms with E-state index in [0.29, 0.717) is 12.5 Å². The Morgan fingerprint density at radius 3 is 2.72 bits per heavy atom. The smallest absolute Gasteiger partial charge is 0.243 e. The minimum Gasteiger partial charge on any atom is -0.352 e. The van der Waals surface area contributed by atoms with Gasteiger partial charge in [-0.15, -0.1) is 0 Å². The number of aromatic amines is 1. The highest BCUT2D eigenvalue weighted by atomic mass is 16.2. The maximum absolute atomic E-state index is 13.3. The first-order valence-electron chi connectivity index (χ1n) is 10.6. The van der Waals surface area contributed by atoms with Crippen molar-refractivity contribution in [3.63, 3.8) is 0 Å². The largest absolute Gasteiger partial charge is 0.352 e. The summed E-state index contributed by atoms with van der Waals surface area (Å²) in [5, 5.41) is 4.43. The van der Waals surface area contributed by atoms with Crippen molar-refractivity contribution in [2.24, 2.45) is 0 Å². The van der Waals surface area contributed by atoms with E-state index in [1.807, 2.05) is 30.3 Å². The number of hydrogen-bond donors (Lipinski definition) is 2. The molecule has 4 aromatic rings. The molecule has 1 atom stereocenters. The molecule has 0 aliphatic heterocycles. The third-order valence-corrected chi connectivity index (χ3v) is 6.07. The Labute approximate surface area is 170 Å². The number of nitrogens with zero attached hydrogens (tertiary/aromatic N) is 2. The molecule has 2 N–H and O–H groups in total. The highest BCUT2D eigenvalue weighted by Crippen LogP contribution is 2.32. The van der Waals surface area contributed by atoms with Gasteiger partial charge in [0.15, 0.2) is 5.82 Å². The first-order valence-corrected chi connectivity index (χ1v) is 10.6. The Morgan fingerprint density at radius 2 is 1.93 bits per heavy atom. The number of imidazole rings is 1. The number of H-pyrrole nitrogens is 1. The number of nitrogens with one attached hydrogen (secondary N) is 2. The highest BCUT2D eigenvalue weighted by molar-refractivity contribution is 5.90. The number of carbonyl (C=O) groups excluding carboxylic acids is 1. The number of para-hydroxylation sites is 3. The summed E-state index contributed by atoms with van der Waals surface area (Å²) >= 11 is 0. The van der Waals surface area contributed by atoms with Gasteiger partial charge in [-0.05, 0) is 43.5 Å². The summed E-state index contributed by atoms with van der Waals surface area (Å²) in [5.74, 6) is 0.913. The monoisotopic (exact) mass is 386 g/mol. The number of rotatable bonds is 5. The van der Waals surface area contributed by atoms with E-state index < -0.39 is 0 Å². The molecule has 5 heteroatoms. The van der Waals surface area contributed by atoms with E-state index in [1.165, 1.54) is 12.8 Å². The molecule has 1 aliphatic carbocycles. The third-order valence-electron chi connectivity index (χ3n) is 6.07. The summed E-state index contributed by atoms with van der Waals surface area (Å²) in [5.41, 5.74) is 3.92. The molecule has 148 valence electrons. The van der Waals surface area contributed by atoms with Crippen LogP contribution < -0.4 is 5.32 Å². The lowest BCUT2D eigenvalue weighted by molar-refractivity contribution is -0.125. The van der Waals surface area contributed by atoms with E-state index in [-0.39, 0.29) is 11.9 Å². The van der Waals surface area contributed by atoms with Gasteiger partial charge in [-0.25, -0.2) is 4.98 Å². The molecule has 2 heterocycles. The number of benzene rings is 2. The quantitative estimate of drug-likeness (QED) is 0.495. The SMILES string of the molecule is CCC(C(=O)NC1CCCC1)n1c(-c2cc3ccccc3[nH]2)nc2ccccc21. The van der Waals surface area contributed by atoms with E-state index in [2.05, 4.69) is 46.1 Å². The van der Waals surface area contributed by atoms with Crippen molar-refractivity contribution in [1.29, 1.82) is 0 Å². The van der Waals surface area contributed by atoms with Crippen molar-refractivity contribution < 1.29 is 4.79 Å². The maximum Gasteiger partial charge on any atom is 0.243 e. The molecule has 1 aliphatic rings. The van der Waals surface area contributed by atoms with E-state index in [9.17, 15) is 4.79 Å². The molecule has 0 bridgehead atoms. The first-order chi connectivity index (χ1) is 14.2. The minimum absolute atomic E-state index is 0.0971. The van der Waals surface area contributed by atoms with Crippen LogP contribution in [0.15, 0.2) is 54.6 Å². The van der Waals surface area contributed by atoms with Crippen molar-refractivity contribution >= 4 is 27.8 Å². The normalized spacial score (nSPS) is 15.9. The van der Waals surface area contributed by atoms with Crippen LogP contribution in [-0.4, -0.2) is 26.5 Å². The van der Waals surface area contributed by atoms with Gasteiger partial charge in [0.25, 0.3) is 0 Å². The average molecular weight is 386 g/mol. The molecule has 0 spiro atoms. The standard InChI is InChI=1S/C24H26N4O/c1-2-21(24(29)25-17-10-4-5-11-17)28-22-14-8-7-13-19(22)27-23(28)20-15-16-9-3-6-12-18(16)26-20/h3,6-9,12-15,17,21,26H,2,4-5,10-11H2,1H3,(H,25,29). The van der Waals surface area contributed by atoms with Gasteiger partial charge in [0, 0.05) is 16.9 Å². The van der Waals surface area contributed by atoms with Crippen LogP contribution in [0, 0.1) is 0 Å². The lowest BCUT2D eigenvalue weighted by Crippen LogP contribution is -2.38. The molecule has 1 unspecified atom stereocenters. The number of amides is 1. The second-order valence-corrected chi connectivity index (χ2v) is 7.98. The van der Waals surface area contributed by atoms with Gasteiger partial charge in [-0.1, -0.05) is 50.1 Å². The number of fused-ring (bicyclic) bond motifs is 2. The van der Waals surface area contributed by atoms with Gasteiger partial charge >= 0.3 is 0 Å². The fraction of sp³-hybridized carbons (Fsp3) is 0.333. The topological polar surface area (TPSA) is 62.7 Å². The molecule has 0 saturated heterocycles. The van der Waals surface area contributed by atoms with Gasteiger partial charge in [-0.2, -0.15) is 0 Å². The number of carbonyl (C=O) groups is 1. The first kappa shape index (κ1) is 18.0. The van der Waals surface area contributed by atoms with Gasteiger partial charge in [0.05, 0.1) is 16.7 Å². The molecule has 0 radical (unpaired) electrons. The maximum atomic E-state index is 13.3. The summed E-state index contributed by atoms with van der Waals surface area (Å²) in [7, 11) is 0. The van der Waals surface area contributed by atoms with Crippen molar-refractivity contribution in [3.05, 3.63) is 54.6 Å². The van der Waals surface area contributed by atoms with Crippen LogP contribution in [0.1, 0.15) is 45.1 Å². The highest BCUT2D eigenvalue weighted by Gasteiger charge is 2.27. The summed E-state index contributed by atoms with van der Waals surface area (Å²) < 4.78 is 2.12. The van der Waals surface area contributed by atoms with Crippen molar-refractivity contribution in [2.75, 3.05) is 0 Å². The molecule has 5 nitrogen and oxygen atoms in total. The van der Waals surface area contributed by atoms with Gasteiger partial charge < -0.3 is 14.9 Å². The molecular formula is C24H26N4O. The second-order valence-electron chi connectivity index (χ2n) is 7.98. The Hall–Kier alpha value is -3.08. The van der Waals surface area contributed by atoms with Crippen LogP contribution in [0.5, 0.6) is 0 Å². The van der Waals surface area contributed by atoms with Crippen molar-refractivity contribution in [3.8, 4) is 11.5 Å². The molecule has 1 amide bonds. The lowest BCUT2D eigenvalue weighted by Gasteiger charge is -2.22. The summed E-state index contributed by atoms with van der Waals surface area (Å²) in [6.07, 6.45) is 5.29. The summed E-state index contributed by atoms with van der Waals surface area (Å²) in [6, 6.07) is 18.4. The van der Waals surface area contributed by atoms with E-state index >= 15 is 0 Å². The van der Waals surface area contributed by atoms with Crippen molar-refractivity contribution in [1.82, 2.24) is 19.9 Å². The molecule has 5 rings (SSSR count). The van der Waals surface area contributed by atoms with Crippen LogP contribution in [0.4, 0.5) is 0 Å². The fourth-order valence-corrected chi connectivity index (χ4v) is 4.60. The van der Waals surface area contributed by atoms with Gasteiger partial charge in [0.1, 0.15) is 6.04 Å². The minimum atomic E-state index is -0.288. The van der Waals surface area contributed by atoms with Crippen LogP contribution in [-0.2, 0) is 4.79 Å².